The van der Waals surface area contributed by atoms with Crippen LogP contribution in [0.3, 0.4) is 0 Å². The fraction of sp³-hybridized carbons (Fsp3) is 0.588. The highest BCUT2D eigenvalue weighted by Gasteiger charge is 2.42. The summed E-state index contributed by atoms with van der Waals surface area (Å²) in [6.07, 6.45) is 0.107. The topological polar surface area (TPSA) is 134 Å². The fourth-order valence-corrected chi connectivity index (χ4v) is 7.07. The molecule has 44 heavy (non-hydrogen) atoms. The molecule has 246 valence electrons. The van der Waals surface area contributed by atoms with Crippen LogP contribution in [0.5, 0.6) is 11.5 Å². The van der Waals surface area contributed by atoms with E-state index in [0.717, 1.165) is 33.4 Å². The lowest BCUT2D eigenvalue weighted by molar-refractivity contribution is -0.144. The van der Waals surface area contributed by atoms with Gasteiger partial charge in [-0.05, 0) is 109 Å². The lowest BCUT2D eigenvalue weighted by Crippen LogP contribution is -2.51. The first-order valence-corrected chi connectivity index (χ1v) is 17.2. The van der Waals surface area contributed by atoms with Crippen LogP contribution >= 0.6 is 7.67 Å². The number of carboxylic acids is 1. The van der Waals surface area contributed by atoms with Gasteiger partial charge in [-0.25, -0.2) is 14.7 Å². The number of esters is 1. The van der Waals surface area contributed by atoms with Gasteiger partial charge in [0.05, 0.1) is 6.61 Å². The van der Waals surface area contributed by atoms with Crippen molar-refractivity contribution in [3.63, 3.8) is 0 Å². The molecule has 0 aliphatic heterocycles. The zero-order valence-corrected chi connectivity index (χ0v) is 29.4. The first kappa shape index (κ1) is 37.3. The Hall–Kier alpha value is -2.87. The summed E-state index contributed by atoms with van der Waals surface area (Å²) in [5.41, 5.74) is 3.54. The van der Waals surface area contributed by atoms with Gasteiger partial charge >= 0.3 is 19.6 Å². The Labute approximate surface area is 263 Å². The highest BCUT2D eigenvalue weighted by atomic mass is 31.2. The van der Waals surface area contributed by atoms with Crippen molar-refractivity contribution in [2.24, 2.45) is 0 Å². The summed E-state index contributed by atoms with van der Waals surface area (Å²) in [6, 6.07) is 6.99. The van der Waals surface area contributed by atoms with Crippen molar-refractivity contribution < 1.29 is 33.6 Å². The molecule has 2 unspecified atom stereocenters. The van der Waals surface area contributed by atoms with Gasteiger partial charge in [0.1, 0.15) is 23.1 Å². The quantitative estimate of drug-likeness (QED) is 0.113. The Morgan fingerprint density at radius 2 is 1.23 bits per heavy atom. The summed E-state index contributed by atoms with van der Waals surface area (Å²) in [7, 11) is -4.25. The first-order valence-electron chi connectivity index (χ1n) is 15.6. The highest BCUT2D eigenvalue weighted by molar-refractivity contribution is 7.55. The molecular formula is C34H53N2O7P. The Morgan fingerprint density at radius 1 is 0.818 bits per heavy atom. The summed E-state index contributed by atoms with van der Waals surface area (Å²) in [6.45, 7) is 22.6. The molecule has 0 aliphatic carbocycles. The number of ether oxygens (including phenoxy) is 1. The predicted octanol–water partition coefficient (Wildman–Crippen LogP) is 8.42. The maximum atomic E-state index is 14.6. The molecule has 0 saturated heterocycles. The first-order chi connectivity index (χ1) is 20.3. The van der Waals surface area contributed by atoms with Crippen molar-refractivity contribution in [1.29, 1.82) is 0 Å². The molecule has 0 heterocycles. The molecule has 0 bridgehead atoms. The number of aromatic hydroxyl groups is 1. The van der Waals surface area contributed by atoms with Crippen LogP contribution in [0.2, 0.25) is 0 Å². The minimum absolute atomic E-state index is 0.0679. The van der Waals surface area contributed by atoms with Crippen LogP contribution in [0.4, 0.5) is 0 Å². The Kier molecular flexibility index (Phi) is 12.7. The van der Waals surface area contributed by atoms with Crippen molar-refractivity contribution in [2.75, 3.05) is 6.61 Å². The number of phenols is 1. The molecule has 4 N–H and O–H groups in total. The molecule has 3 atom stereocenters. The summed E-state index contributed by atoms with van der Waals surface area (Å²) in [5, 5.41) is 26.5. The Bertz CT molecular complexity index is 1330. The minimum atomic E-state index is -4.25. The third-order valence-corrected chi connectivity index (χ3v) is 9.89. The smallest absolute Gasteiger partial charge is 0.392 e. The molecule has 2 rings (SSSR count). The van der Waals surface area contributed by atoms with E-state index in [2.05, 4.69) is 37.9 Å². The van der Waals surface area contributed by atoms with Crippen molar-refractivity contribution in [2.45, 2.75) is 125 Å². The molecule has 0 fully saturated rings. The van der Waals surface area contributed by atoms with Crippen molar-refractivity contribution in [3.05, 3.63) is 46.5 Å². The van der Waals surface area contributed by atoms with Crippen LogP contribution in [-0.2, 0) is 18.9 Å². The van der Waals surface area contributed by atoms with Gasteiger partial charge < -0.3 is 19.5 Å². The number of aliphatic carboxylic acids is 1. The number of phenolic OH excluding ortho intramolecular Hbond substituents is 1. The van der Waals surface area contributed by atoms with E-state index in [-0.39, 0.29) is 36.7 Å². The standard InChI is InChI=1S/C34H53N2O7P/c1-13-34(12,33(39)40)36-44(41,35-23(11)32(38)42-14-2)43-31-28(21(7)8)17-25(18-29(31)22(9)10)24-15-26(19(3)4)30(37)27(16-24)20(5)6/h15-23,37H,13-14H2,1-12H3,(H,39,40)(H2,35,36,41)/t23-,34?,44?/m0/s1. The monoisotopic (exact) mass is 632 g/mol. The van der Waals surface area contributed by atoms with E-state index in [4.69, 9.17) is 9.26 Å². The minimum Gasteiger partial charge on any atom is -0.507 e. The summed E-state index contributed by atoms with van der Waals surface area (Å²) >= 11 is 0. The van der Waals surface area contributed by atoms with E-state index in [0.29, 0.717) is 11.5 Å². The molecule has 2 aromatic rings. The molecule has 0 saturated carbocycles. The van der Waals surface area contributed by atoms with Gasteiger partial charge in [-0.1, -0.05) is 62.3 Å². The van der Waals surface area contributed by atoms with Crippen LogP contribution < -0.4 is 14.7 Å². The van der Waals surface area contributed by atoms with Gasteiger partial charge in [0, 0.05) is 0 Å². The van der Waals surface area contributed by atoms with Gasteiger partial charge in [-0.15, -0.1) is 0 Å². The van der Waals surface area contributed by atoms with Gasteiger partial charge in [0.25, 0.3) is 0 Å². The summed E-state index contributed by atoms with van der Waals surface area (Å²) < 4.78 is 26.1. The SMILES string of the molecule is CCOC(=O)[C@H](C)NP(=O)(NC(C)(CC)C(=O)O)Oc1c(C(C)C)cc(-c2cc(C(C)C)c(O)c(C(C)C)c2)cc1C(C)C. The maximum absolute atomic E-state index is 14.6. The molecule has 0 aromatic heterocycles. The van der Waals surface area contributed by atoms with E-state index in [1.54, 1.807) is 13.8 Å². The molecular weight excluding hydrogens is 579 g/mol. The third kappa shape index (κ3) is 8.64. The van der Waals surface area contributed by atoms with E-state index in [1.165, 1.54) is 13.8 Å². The number of carbonyl (C=O) groups excluding carboxylic acids is 1. The lowest BCUT2D eigenvalue weighted by atomic mass is 9.86. The van der Waals surface area contributed by atoms with Gasteiger partial charge in [0.15, 0.2) is 0 Å². The number of rotatable bonds is 15. The van der Waals surface area contributed by atoms with E-state index < -0.39 is 31.2 Å². The van der Waals surface area contributed by atoms with Crippen molar-refractivity contribution in [3.8, 4) is 22.6 Å². The molecule has 0 amide bonds. The normalized spacial score (nSPS) is 15.4. The number of benzene rings is 2. The van der Waals surface area contributed by atoms with Gasteiger partial charge in [-0.3, -0.25) is 9.59 Å². The molecule has 2 aromatic carbocycles. The highest BCUT2D eigenvalue weighted by Crippen LogP contribution is 2.49. The molecule has 0 radical (unpaired) electrons. The van der Waals surface area contributed by atoms with Crippen LogP contribution in [0, 0.1) is 0 Å². The second-order valence-electron chi connectivity index (χ2n) is 13.0. The second kappa shape index (κ2) is 14.9. The van der Waals surface area contributed by atoms with Gasteiger partial charge in [-0.2, -0.15) is 0 Å². The Morgan fingerprint density at radius 3 is 1.57 bits per heavy atom. The van der Waals surface area contributed by atoms with Crippen LogP contribution in [0.1, 0.15) is 135 Å². The van der Waals surface area contributed by atoms with Crippen LogP contribution in [0.25, 0.3) is 11.1 Å². The van der Waals surface area contributed by atoms with Crippen molar-refractivity contribution >= 4 is 19.6 Å². The summed E-state index contributed by atoms with van der Waals surface area (Å²) in [4.78, 5) is 24.8. The van der Waals surface area contributed by atoms with Crippen molar-refractivity contribution in [1.82, 2.24) is 10.2 Å². The van der Waals surface area contributed by atoms with E-state index in [9.17, 15) is 24.4 Å². The lowest BCUT2D eigenvalue weighted by Gasteiger charge is -2.33. The van der Waals surface area contributed by atoms with Crippen LogP contribution in [0.15, 0.2) is 24.3 Å². The molecule has 10 heteroatoms. The van der Waals surface area contributed by atoms with E-state index >= 15 is 0 Å². The average Bonchev–Trinajstić information content (AvgIpc) is 2.92. The number of hydrogen-bond donors (Lipinski definition) is 4. The fourth-order valence-electron chi connectivity index (χ4n) is 4.92. The number of carbonyl (C=O) groups is 2. The zero-order valence-electron chi connectivity index (χ0n) is 28.5. The molecule has 9 nitrogen and oxygen atoms in total. The second-order valence-corrected chi connectivity index (χ2v) is 14.7. The molecule has 0 aliphatic rings. The van der Waals surface area contributed by atoms with E-state index in [1.807, 2.05) is 52.0 Å². The zero-order chi connectivity index (χ0) is 33.7. The number of carboxylic acid groups (broad SMARTS) is 1. The number of hydrogen-bond acceptors (Lipinski definition) is 6. The third-order valence-electron chi connectivity index (χ3n) is 7.93. The average molecular weight is 633 g/mol. The predicted molar refractivity (Wildman–Crippen MR) is 177 cm³/mol. The largest absolute Gasteiger partial charge is 0.507 e. The van der Waals surface area contributed by atoms with Gasteiger partial charge in [0.2, 0.25) is 0 Å². The summed E-state index contributed by atoms with van der Waals surface area (Å²) in [5.74, 6) is -1.07. The maximum Gasteiger partial charge on any atom is 0.392 e. The molecule has 0 spiro atoms. The van der Waals surface area contributed by atoms with Crippen LogP contribution in [-0.4, -0.2) is 40.3 Å². The Balaban J connectivity index is 2.86. The number of nitrogens with one attached hydrogen (secondary N) is 2.